The fraction of sp³-hybridized carbons (Fsp3) is 0.176. The summed E-state index contributed by atoms with van der Waals surface area (Å²) >= 11 is 4.18. The molecule has 0 radical (unpaired) electrons. The monoisotopic (exact) mass is 394 g/mol. The maximum Gasteiger partial charge on any atom is 0.134 e. The lowest BCUT2D eigenvalue weighted by Crippen LogP contribution is -2.06. The molecule has 20 heavy (non-hydrogen) atoms. The normalized spacial score (nSPS) is 12.4. The van der Waals surface area contributed by atoms with E-state index in [1.54, 1.807) is 11.3 Å². The van der Waals surface area contributed by atoms with Gasteiger partial charge in [0.25, 0.3) is 0 Å². The molecule has 0 unspecified atom stereocenters. The average molecular weight is 394 g/mol. The van der Waals surface area contributed by atoms with Crippen molar-refractivity contribution in [2.24, 2.45) is 0 Å². The Morgan fingerprint density at radius 2 is 1.85 bits per heavy atom. The Kier molecular flexibility index (Phi) is 4.58. The second-order valence-corrected chi connectivity index (χ2v) is 6.63. The van der Waals surface area contributed by atoms with Crippen LogP contribution in [0.2, 0.25) is 0 Å². The van der Waals surface area contributed by atoms with E-state index in [-0.39, 0.29) is 6.10 Å². The Morgan fingerprint density at radius 3 is 2.65 bits per heavy atom. The van der Waals surface area contributed by atoms with Gasteiger partial charge in [0, 0.05) is 14.7 Å². The fourth-order valence-corrected chi connectivity index (χ4v) is 3.64. The molecule has 0 aliphatic rings. The van der Waals surface area contributed by atoms with E-state index >= 15 is 0 Å². The van der Waals surface area contributed by atoms with Gasteiger partial charge in [-0.15, -0.1) is 11.3 Å². The van der Waals surface area contributed by atoms with E-state index in [1.807, 2.05) is 0 Å². The molecule has 102 valence electrons. The first-order valence-electron chi connectivity index (χ1n) is 6.62. The Balaban J connectivity index is 1.94. The standard InChI is InChI=1S/C17H15IOS/c18-11-10-16(17-9-4-12-20-17)19-15-8-3-6-13-5-1-2-7-14(13)15/h1-9,12,16H,10-11H2/t16-/m0/s1. The van der Waals surface area contributed by atoms with Crippen LogP contribution < -0.4 is 4.74 Å². The van der Waals surface area contributed by atoms with Gasteiger partial charge in [-0.25, -0.2) is 0 Å². The molecule has 1 aromatic heterocycles. The number of hydrogen-bond acceptors (Lipinski definition) is 2. The van der Waals surface area contributed by atoms with E-state index in [4.69, 9.17) is 4.74 Å². The van der Waals surface area contributed by atoms with Crippen molar-refractivity contribution in [3.05, 3.63) is 64.9 Å². The molecule has 2 aromatic carbocycles. The van der Waals surface area contributed by atoms with Crippen LogP contribution in [-0.2, 0) is 0 Å². The summed E-state index contributed by atoms with van der Waals surface area (Å²) in [6, 6.07) is 18.9. The van der Waals surface area contributed by atoms with Crippen LogP contribution in [0.25, 0.3) is 10.8 Å². The van der Waals surface area contributed by atoms with Gasteiger partial charge in [-0.2, -0.15) is 0 Å². The van der Waals surface area contributed by atoms with E-state index in [0.717, 1.165) is 16.6 Å². The van der Waals surface area contributed by atoms with Crippen molar-refractivity contribution < 1.29 is 4.74 Å². The molecule has 3 rings (SSSR count). The molecule has 0 aliphatic carbocycles. The lowest BCUT2D eigenvalue weighted by molar-refractivity contribution is 0.210. The number of thiophene rings is 1. The summed E-state index contributed by atoms with van der Waals surface area (Å²) in [5.41, 5.74) is 0. The predicted molar refractivity (Wildman–Crippen MR) is 95.1 cm³/mol. The molecular weight excluding hydrogens is 379 g/mol. The molecule has 1 nitrogen and oxygen atoms in total. The molecule has 0 spiro atoms. The first kappa shape index (κ1) is 13.9. The van der Waals surface area contributed by atoms with Gasteiger partial charge < -0.3 is 4.74 Å². The SMILES string of the molecule is ICC[C@H](Oc1cccc2ccccc12)c1cccs1. The summed E-state index contributed by atoms with van der Waals surface area (Å²) in [6.07, 6.45) is 1.18. The van der Waals surface area contributed by atoms with E-state index in [0.29, 0.717) is 0 Å². The minimum atomic E-state index is 0.151. The maximum absolute atomic E-state index is 6.32. The van der Waals surface area contributed by atoms with Crippen LogP contribution in [-0.4, -0.2) is 4.43 Å². The molecule has 0 amide bonds. The van der Waals surface area contributed by atoms with Gasteiger partial charge in [0.15, 0.2) is 0 Å². The van der Waals surface area contributed by atoms with E-state index < -0.39 is 0 Å². The molecule has 0 N–H and O–H groups in total. The predicted octanol–water partition coefficient (Wildman–Crippen LogP) is 5.85. The van der Waals surface area contributed by atoms with Gasteiger partial charge in [0.2, 0.25) is 0 Å². The first-order valence-corrected chi connectivity index (χ1v) is 9.03. The zero-order valence-electron chi connectivity index (χ0n) is 11.0. The first-order chi connectivity index (χ1) is 9.88. The lowest BCUT2D eigenvalue weighted by atomic mass is 10.1. The summed E-state index contributed by atoms with van der Waals surface area (Å²) < 4.78 is 7.41. The van der Waals surface area contributed by atoms with Crippen molar-refractivity contribution in [1.29, 1.82) is 0 Å². The number of hydrogen-bond donors (Lipinski definition) is 0. The third-order valence-electron chi connectivity index (χ3n) is 3.25. The summed E-state index contributed by atoms with van der Waals surface area (Å²) in [5.74, 6) is 0.978. The number of fused-ring (bicyclic) bond motifs is 1. The van der Waals surface area contributed by atoms with Crippen LogP contribution in [0.1, 0.15) is 17.4 Å². The van der Waals surface area contributed by atoms with Gasteiger partial charge >= 0.3 is 0 Å². The summed E-state index contributed by atoms with van der Waals surface area (Å²) in [7, 11) is 0. The van der Waals surface area contributed by atoms with Crippen LogP contribution >= 0.6 is 33.9 Å². The Morgan fingerprint density at radius 1 is 1.00 bits per heavy atom. The molecule has 0 bridgehead atoms. The van der Waals surface area contributed by atoms with Crippen LogP contribution in [0.5, 0.6) is 5.75 Å². The second-order valence-electron chi connectivity index (χ2n) is 4.58. The second kappa shape index (κ2) is 6.59. The zero-order chi connectivity index (χ0) is 13.8. The number of rotatable bonds is 5. The topological polar surface area (TPSA) is 9.23 Å². The van der Waals surface area contributed by atoms with Crippen molar-refractivity contribution in [3.8, 4) is 5.75 Å². The largest absolute Gasteiger partial charge is 0.484 e. The minimum Gasteiger partial charge on any atom is -0.484 e. The molecular formula is C17H15IOS. The number of benzene rings is 2. The molecule has 0 fully saturated rings. The zero-order valence-corrected chi connectivity index (χ0v) is 13.9. The van der Waals surface area contributed by atoms with Crippen LogP contribution in [0, 0.1) is 0 Å². The fourth-order valence-electron chi connectivity index (χ4n) is 2.28. The smallest absolute Gasteiger partial charge is 0.134 e. The Labute approximate surface area is 136 Å². The van der Waals surface area contributed by atoms with Gasteiger partial charge in [-0.05, 0) is 29.3 Å². The number of halogens is 1. The van der Waals surface area contributed by atoms with E-state index in [2.05, 4.69) is 82.6 Å². The highest BCUT2D eigenvalue weighted by Crippen LogP contribution is 2.32. The highest BCUT2D eigenvalue weighted by Gasteiger charge is 2.15. The molecule has 0 aliphatic heterocycles. The van der Waals surface area contributed by atoms with Crippen molar-refractivity contribution >= 4 is 44.7 Å². The number of ether oxygens (including phenoxy) is 1. The average Bonchev–Trinajstić information content (AvgIpc) is 3.01. The molecule has 1 atom stereocenters. The highest BCUT2D eigenvalue weighted by molar-refractivity contribution is 14.1. The van der Waals surface area contributed by atoms with Crippen LogP contribution in [0.4, 0.5) is 0 Å². The van der Waals surface area contributed by atoms with Gasteiger partial charge in [-0.1, -0.05) is 65.1 Å². The minimum absolute atomic E-state index is 0.151. The quantitative estimate of drug-likeness (QED) is 0.390. The summed E-state index contributed by atoms with van der Waals surface area (Å²) in [6.45, 7) is 0. The van der Waals surface area contributed by atoms with Crippen molar-refractivity contribution in [2.75, 3.05) is 4.43 Å². The van der Waals surface area contributed by atoms with Crippen LogP contribution in [0.3, 0.4) is 0 Å². The van der Waals surface area contributed by atoms with Crippen molar-refractivity contribution in [3.63, 3.8) is 0 Å². The summed E-state index contributed by atoms with van der Waals surface area (Å²) in [5, 5.41) is 4.52. The van der Waals surface area contributed by atoms with Crippen molar-refractivity contribution in [2.45, 2.75) is 12.5 Å². The van der Waals surface area contributed by atoms with Crippen molar-refractivity contribution in [1.82, 2.24) is 0 Å². The third kappa shape index (κ3) is 2.99. The highest BCUT2D eigenvalue weighted by atomic mass is 127. The van der Waals surface area contributed by atoms with Crippen LogP contribution in [0.15, 0.2) is 60.0 Å². The van der Waals surface area contributed by atoms with E-state index in [9.17, 15) is 0 Å². The number of alkyl halides is 1. The molecule has 0 saturated carbocycles. The van der Waals surface area contributed by atoms with Gasteiger partial charge in [0.05, 0.1) is 0 Å². The molecule has 1 heterocycles. The molecule has 0 saturated heterocycles. The van der Waals surface area contributed by atoms with E-state index in [1.165, 1.54) is 15.6 Å². The maximum atomic E-state index is 6.32. The Hall–Kier alpha value is -1.07. The molecule has 3 aromatic rings. The van der Waals surface area contributed by atoms with Gasteiger partial charge in [-0.3, -0.25) is 0 Å². The third-order valence-corrected chi connectivity index (χ3v) is 4.84. The summed E-state index contributed by atoms with van der Waals surface area (Å²) in [4.78, 5) is 1.30. The Bertz CT molecular complexity index is 673. The molecule has 3 heteroatoms. The lowest BCUT2D eigenvalue weighted by Gasteiger charge is -2.18. The van der Waals surface area contributed by atoms with Gasteiger partial charge in [0.1, 0.15) is 11.9 Å².